The topological polar surface area (TPSA) is 58.6 Å². The molecular weight excluding hydrogens is 266 g/mol. The third-order valence-corrected chi connectivity index (χ3v) is 2.71. The first-order valence-corrected chi connectivity index (χ1v) is 6.61. The predicted octanol–water partition coefficient (Wildman–Crippen LogP) is 3.61. The first-order valence-electron chi connectivity index (χ1n) is 6.07. The van der Waals surface area contributed by atoms with Gasteiger partial charge in [-0.2, -0.15) is 0 Å². The van der Waals surface area contributed by atoms with Crippen molar-refractivity contribution in [1.29, 1.82) is 0 Å². The molecule has 0 fully saturated rings. The highest BCUT2D eigenvalue weighted by atomic mass is 35.5. The molecule has 1 rings (SSSR count). The van der Waals surface area contributed by atoms with Crippen molar-refractivity contribution in [2.24, 2.45) is 0 Å². The maximum absolute atomic E-state index is 11.7. The maximum atomic E-state index is 11.7. The van der Waals surface area contributed by atoms with Gasteiger partial charge in [0, 0.05) is 5.69 Å². The average Bonchev–Trinajstić information content (AvgIpc) is 2.28. The maximum Gasteiger partial charge on any atom is 0.412 e. The second kappa shape index (κ2) is 6.26. The number of rotatable bonds is 3. The van der Waals surface area contributed by atoms with E-state index in [1.165, 1.54) is 0 Å². The van der Waals surface area contributed by atoms with Gasteiger partial charge in [0.25, 0.3) is 0 Å². The summed E-state index contributed by atoms with van der Waals surface area (Å²) in [6.45, 7) is 7.26. The van der Waals surface area contributed by atoms with Gasteiger partial charge in [-0.1, -0.05) is 12.1 Å². The Kier molecular flexibility index (Phi) is 5.20. The minimum absolute atomic E-state index is 0.137. The quantitative estimate of drug-likeness (QED) is 0.834. The van der Waals surface area contributed by atoms with Crippen LogP contribution in [0.4, 0.5) is 10.5 Å². The summed E-state index contributed by atoms with van der Waals surface area (Å²) in [7, 11) is 0. The molecule has 0 saturated carbocycles. The van der Waals surface area contributed by atoms with E-state index in [2.05, 4.69) is 5.32 Å². The fourth-order valence-electron chi connectivity index (χ4n) is 1.54. The zero-order valence-electron chi connectivity index (χ0n) is 11.7. The number of ether oxygens (including phenoxy) is 1. The van der Waals surface area contributed by atoms with Gasteiger partial charge in [0.05, 0.1) is 12.0 Å². The first-order chi connectivity index (χ1) is 8.73. The van der Waals surface area contributed by atoms with E-state index in [4.69, 9.17) is 16.3 Å². The van der Waals surface area contributed by atoms with Crippen molar-refractivity contribution in [3.8, 4) is 0 Å². The Bertz CT molecular complexity index is 454. The number of aliphatic hydroxyl groups is 1. The largest absolute Gasteiger partial charge is 0.444 e. The van der Waals surface area contributed by atoms with Crippen molar-refractivity contribution < 1.29 is 14.6 Å². The Labute approximate surface area is 118 Å². The third-order valence-electron chi connectivity index (χ3n) is 2.42. The zero-order chi connectivity index (χ0) is 14.6. The number of halogens is 1. The molecule has 0 spiro atoms. The van der Waals surface area contributed by atoms with Crippen LogP contribution in [-0.2, 0) is 4.74 Å². The number of carbonyl (C=O) groups excluding carboxylic acids is 1. The highest BCUT2D eigenvalue weighted by Crippen LogP contribution is 2.22. The molecular formula is C14H20ClNO3. The molecule has 19 heavy (non-hydrogen) atoms. The summed E-state index contributed by atoms with van der Waals surface area (Å²) in [6.07, 6.45) is -1.20. The Balaban J connectivity index is 2.78. The van der Waals surface area contributed by atoms with E-state index in [0.717, 1.165) is 11.1 Å². The molecule has 106 valence electrons. The van der Waals surface area contributed by atoms with Gasteiger partial charge in [0.1, 0.15) is 5.60 Å². The molecule has 2 N–H and O–H groups in total. The lowest BCUT2D eigenvalue weighted by molar-refractivity contribution is 0.0636. The Morgan fingerprint density at radius 1 is 1.47 bits per heavy atom. The summed E-state index contributed by atoms with van der Waals surface area (Å²) in [5.74, 6) is 0.137. The second-order valence-corrected chi connectivity index (χ2v) is 5.68. The molecule has 0 heterocycles. The molecule has 4 nitrogen and oxygen atoms in total. The highest BCUT2D eigenvalue weighted by Gasteiger charge is 2.17. The summed E-state index contributed by atoms with van der Waals surface area (Å²) in [5, 5.41) is 12.3. The molecule has 0 aliphatic carbocycles. The van der Waals surface area contributed by atoms with Crippen molar-refractivity contribution in [3.05, 3.63) is 29.3 Å². The lowest BCUT2D eigenvalue weighted by Gasteiger charge is -2.20. The van der Waals surface area contributed by atoms with Crippen molar-refractivity contribution in [1.82, 2.24) is 0 Å². The van der Waals surface area contributed by atoms with Crippen LogP contribution in [0.5, 0.6) is 0 Å². The van der Waals surface area contributed by atoms with Gasteiger partial charge in [-0.3, -0.25) is 5.32 Å². The highest BCUT2D eigenvalue weighted by molar-refractivity contribution is 6.18. The molecule has 5 heteroatoms. The second-order valence-electron chi connectivity index (χ2n) is 5.37. The van der Waals surface area contributed by atoms with Crippen LogP contribution < -0.4 is 5.32 Å². The number of aryl methyl sites for hydroxylation is 1. The van der Waals surface area contributed by atoms with E-state index in [1.54, 1.807) is 39.0 Å². The van der Waals surface area contributed by atoms with Gasteiger partial charge in [0.2, 0.25) is 0 Å². The Hall–Kier alpha value is -1.26. The number of anilines is 1. The molecule has 0 saturated heterocycles. The van der Waals surface area contributed by atoms with E-state index in [9.17, 15) is 9.90 Å². The van der Waals surface area contributed by atoms with E-state index >= 15 is 0 Å². The zero-order valence-corrected chi connectivity index (χ0v) is 12.4. The first kappa shape index (κ1) is 15.8. The molecule has 0 radical (unpaired) electrons. The van der Waals surface area contributed by atoms with Crippen LogP contribution in [0.1, 0.15) is 38.0 Å². The van der Waals surface area contributed by atoms with Gasteiger partial charge in [-0.25, -0.2) is 4.79 Å². The van der Waals surface area contributed by atoms with Crippen LogP contribution in [0, 0.1) is 6.92 Å². The van der Waals surface area contributed by atoms with Gasteiger partial charge in [-0.15, -0.1) is 11.6 Å². The molecule has 1 unspecified atom stereocenters. The molecule has 0 bridgehead atoms. The molecule has 1 aromatic rings. The van der Waals surface area contributed by atoms with Gasteiger partial charge in [0.15, 0.2) is 0 Å². The standard InChI is InChI=1S/C14H20ClNO3/c1-9-7-10(12(17)8-15)5-6-11(9)16-13(18)19-14(2,3)4/h5-7,12,17H,8H2,1-4H3,(H,16,18). The van der Waals surface area contributed by atoms with E-state index in [1.807, 2.05) is 6.92 Å². The number of hydrogen-bond donors (Lipinski definition) is 2. The number of amides is 1. The fraction of sp³-hybridized carbons (Fsp3) is 0.500. The van der Waals surface area contributed by atoms with Crippen LogP contribution in [0.15, 0.2) is 18.2 Å². The number of carbonyl (C=O) groups is 1. The molecule has 1 aromatic carbocycles. The molecule has 1 amide bonds. The van der Waals surface area contributed by atoms with Crippen LogP contribution in [0.25, 0.3) is 0 Å². The predicted molar refractivity (Wildman–Crippen MR) is 76.7 cm³/mol. The number of hydrogen-bond acceptors (Lipinski definition) is 3. The van der Waals surface area contributed by atoms with Crippen LogP contribution in [0.3, 0.4) is 0 Å². The van der Waals surface area contributed by atoms with Crippen LogP contribution in [0.2, 0.25) is 0 Å². The lowest BCUT2D eigenvalue weighted by Crippen LogP contribution is -2.27. The fourth-order valence-corrected chi connectivity index (χ4v) is 1.72. The van der Waals surface area contributed by atoms with E-state index in [0.29, 0.717) is 5.69 Å². The van der Waals surface area contributed by atoms with E-state index in [-0.39, 0.29) is 5.88 Å². The summed E-state index contributed by atoms with van der Waals surface area (Å²) >= 11 is 5.60. The number of nitrogens with one attached hydrogen (secondary N) is 1. The molecule has 0 aliphatic rings. The molecule has 0 aliphatic heterocycles. The number of aliphatic hydroxyl groups excluding tert-OH is 1. The van der Waals surface area contributed by atoms with Crippen molar-refractivity contribution in [2.75, 3.05) is 11.2 Å². The summed E-state index contributed by atoms with van der Waals surface area (Å²) < 4.78 is 5.17. The minimum Gasteiger partial charge on any atom is -0.444 e. The summed E-state index contributed by atoms with van der Waals surface area (Å²) in [5.41, 5.74) is 1.68. The van der Waals surface area contributed by atoms with Crippen molar-refractivity contribution in [2.45, 2.75) is 39.4 Å². The van der Waals surface area contributed by atoms with Crippen molar-refractivity contribution >= 4 is 23.4 Å². The third kappa shape index (κ3) is 5.09. The van der Waals surface area contributed by atoms with Gasteiger partial charge in [-0.05, 0) is 44.9 Å². The monoisotopic (exact) mass is 285 g/mol. The van der Waals surface area contributed by atoms with Crippen molar-refractivity contribution in [3.63, 3.8) is 0 Å². The molecule has 1 atom stereocenters. The summed E-state index contributed by atoms with van der Waals surface area (Å²) in [6, 6.07) is 5.25. The lowest BCUT2D eigenvalue weighted by atomic mass is 10.1. The minimum atomic E-state index is -0.698. The van der Waals surface area contributed by atoms with Crippen LogP contribution in [-0.4, -0.2) is 22.7 Å². The summed E-state index contributed by atoms with van der Waals surface area (Å²) in [4.78, 5) is 11.7. The Morgan fingerprint density at radius 3 is 2.58 bits per heavy atom. The van der Waals surface area contributed by atoms with E-state index < -0.39 is 17.8 Å². The van der Waals surface area contributed by atoms with Gasteiger partial charge < -0.3 is 9.84 Å². The molecule has 0 aromatic heterocycles. The number of alkyl halides is 1. The number of benzene rings is 1. The smallest absolute Gasteiger partial charge is 0.412 e. The van der Waals surface area contributed by atoms with Crippen LogP contribution >= 0.6 is 11.6 Å². The van der Waals surface area contributed by atoms with Gasteiger partial charge >= 0.3 is 6.09 Å². The normalized spacial score (nSPS) is 12.9. The SMILES string of the molecule is Cc1cc(C(O)CCl)ccc1NC(=O)OC(C)(C)C. The Morgan fingerprint density at radius 2 is 2.11 bits per heavy atom. The average molecular weight is 286 g/mol.